The second-order valence-corrected chi connectivity index (χ2v) is 8.28. The second-order valence-electron chi connectivity index (χ2n) is 8.28. The van der Waals surface area contributed by atoms with E-state index in [1.54, 1.807) is 13.2 Å². The second kappa shape index (κ2) is 8.76. The fourth-order valence-electron chi connectivity index (χ4n) is 4.45. The highest BCUT2D eigenvalue weighted by atomic mass is 16.5. The van der Waals surface area contributed by atoms with Crippen LogP contribution in [0.25, 0.3) is 17.1 Å². The van der Waals surface area contributed by atoms with Crippen LogP contribution in [0.5, 0.6) is 11.5 Å². The van der Waals surface area contributed by atoms with E-state index in [1.165, 1.54) is 0 Å². The van der Waals surface area contributed by atoms with Gasteiger partial charge in [0.05, 0.1) is 18.2 Å². The SMILES string of the molecule is CCCc1ccc2c(/C=C3\Oc4c(ccc(OC)c4CN4CCNCC4)C3=O)c[nH]c2n1. The van der Waals surface area contributed by atoms with Gasteiger partial charge in [-0.05, 0) is 36.8 Å². The van der Waals surface area contributed by atoms with Crippen molar-refractivity contribution in [3.63, 3.8) is 0 Å². The molecule has 1 saturated heterocycles. The van der Waals surface area contributed by atoms with Crippen LogP contribution in [0.2, 0.25) is 0 Å². The number of aryl methyl sites for hydroxylation is 1. The minimum atomic E-state index is -0.103. The molecule has 0 aliphatic carbocycles. The van der Waals surface area contributed by atoms with Crippen LogP contribution in [0.3, 0.4) is 0 Å². The Morgan fingerprint density at radius 3 is 2.84 bits per heavy atom. The monoisotopic (exact) mass is 432 g/mol. The van der Waals surface area contributed by atoms with Crippen LogP contribution in [0.4, 0.5) is 0 Å². The number of nitrogens with one attached hydrogen (secondary N) is 2. The first-order valence-corrected chi connectivity index (χ1v) is 11.2. The fourth-order valence-corrected chi connectivity index (χ4v) is 4.45. The molecule has 7 heteroatoms. The Bertz CT molecular complexity index is 1190. The Labute approximate surface area is 187 Å². The van der Waals surface area contributed by atoms with Gasteiger partial charge in [0, 0.05) is 55.6 Å². The predicted molar refractivity (Wildman–Crippen MR) is 124 cm³/mol. The number of Topliss-reactive ketones (excluding diaryl/α,β-unsaturated/α-hetero) is 1. The maximum absolute atomic E-state index is 13.2. The van der Waals surface area contributed by atoms with Crippen LogP contribution in [0, 0.1) is 0 Å². The highest BCUT2D eigenvalue weighted by Crippen LogP contribution is 2.40. The number of ketones is 1. The van der Waals surface area contributed by atoms with Crippen molar-refractivity contribution in [2.75, 3.05) is 33.3 Å². The Kier molecular flexibility index (Phi) is 5.68. The quantitative estimate of drug-likeness (QED) is 0.580. The number of benzene rings is 1. The van der Waals surface area contributed by atoms with Gasteiger partial charge in [-0.2, -0.15) is 0 Å². The van der Waals surface area contributed by atoms with Crippen molar-refractivity contribution in [2.24, 2.45) is 0 Å². The average molecular weight is 433 g/mol. The zero-order valence-electron chi connectivity index (χ0n) is 18.5. The standard InChI is InChI=1S/C25H28N4O3/c1-3-4-17-5-6-18-16(14-27-25(18)28-17)13-22-23(30)19-7-8-21(31-2)20(24(19)32-22)15-29-11-9-26-10-12-29/h5-8,13-14,26H,3-4,9-12,15H2,1-2H3,(H,27,28)/b22-13-. The molecule has 0 spiro atoms. The summed E-state index contributed by atoms with van der Waals surface area (Å²) in [6.45, 7) is 6.64. The number of carbonyl (C=O) groups excluding carboxylic acids is 1. The molecule has 0 saturated carbocycles. The van der Waals surface area contributed by atoms with Crippen molar-refractivity contribution in [1.82, 2.24) is 20.2 Å². The molecule has 0 unspecified atom stereocenters. The van der Waals surface area contributed by atoms with E-state index in [4.69, 9.17) is 9.47 Å². The Hall–Kier alpha value is -3.16. The molecule has 2 aromatic heterocycles. The van der Waals surface area contributed by atoms with Gasteiger partial charge in [0.2, 0.25) is 5.78 Å². The van der Waals surface area contributed by atoms with Crippen LogP contribution in [0.1, 0.15) is 40.5 Å². The molecule has 2 aliphatic rings. The summed E-state index contributed by atoms with van der Waals surface area (Å²) >= 11 is 0. The van der Waals surface area contributed by atoms with E-state index in [9.17, 15) is 4.79 Å². The van der Waals surface area contributed by atoms with Crippen molar-refractivity contribution >= 4 is 22.9 Å². The summed E-state index contributed by atoms with van der Waals surface area (Å²) in [5.74, 6) is 1.58. The smallest absolute Gasteiger partial charge is 0.231 e. The van der Waals surface area contributed by atoms with E-state index in [1.807, 2.05) is 24.4 Å². The number of aromatic nitrogens is 2. The van der Waals surface area contributed by atoms with Gasteiger partial charge >= 0.3 is 0 Å². The van der Waals surface area contributed by atoms with Gasteiger partial charge in [0.15, 0.2) is 5.76 Å². The molecule has 7 nitrogen and oxygen atoms in total. The summed E-state index contributed by atoms with van der Waals surface area (Å²) in [5, 5.41) is 4.35. The zero-order chi connectivity index (χ0) is 22.1. The lowest BCUT2D eigenvalue weighted by atomic mass is 10.0. The summed E-state index contributed by atoms with van der Waals surface area (Å²) in [7, 11) is 1.66. The molecular weight excluding hydrogens is 404 g/mol. The van der Waals surface area contributed by atoms with Gasteiger partial charge in [-0.3, -0.25) is 9.69 Å². The van der Waals surface area contributed by atoms with Gasteiger partial charge in [-0.1, -0.05) is 13.3 Å². The number of methoxy groups -OCH3 is 1. The maximum atomic E-state index is 13.2. The molecule has 166 valence electrons. The third-order valence-electron chi connectivity index (χ3n) is 6.13. The number of H-pyrrole nitrogens is 1. The van der Waals surface area contributed by atoms with Gasteiger partial charge < -0.3 is 19.8 Å². The van der Waals surface area contributed by atoms with E-state index in [0.29, 0.717) is 23.6 Å². The molecule has 1 aromatic carbocycles. The summed E-state index contributed by atoms with van der Waals surface area (Å²) in [6.07, 6.45) is 5.68. The lowest BCUT2D eigenvalue weighted by Gasteiger charge is -2.28. The van der Waals surface area contributed by atoms with Gasteiger partial charge in [-0.25, -0.2) is 4.98 Å². The number of pyridine rings is 1. The largest absolute Gasteiger partial charge is 0.496 e. The fraction of sp³-hybridized carbons (Fsp3) is 0.360. The van der Waals surface area contributed by atoms with Crippen LogP contribution >= 0.6 is 0 Å². The predicted octanol–water partition coefficient (Wildman–Crippen LogP) is 3.55. The first-order chi connectivity index (χ1) is 15.7. The summed E-state index contributed by atoms with van der Waals surface area (Å²) in [5.41, 5.74) is 4.29. The lowest BCUT2D eigenvalue weighted by molar-refractivity contribution is 0.101. The van der Waals surface area contributed by atoms with Crippen LogP contribution in [0.15, 0.2) is 36.2 Å². The van der Waals surface area contributed by atoms with E-state index in [0.717, 1.165) is 72.6 Å². The number of piperazine rings is 1. The first-order valence-electron chi connectivity index (χ1n) is 11.2. The van der Waals surface area contributed by atoms with Gasteiger partial charge in [0.1, 0.15) is 17.1 Å². The molecule has 2 aliphatic heterocycles. The topological polar surface area (TPSA) is 79.5 Å². The number of rotatable bonds is 6. The summed E-state index contributed by atoms with van der Waals surface area (Å²) < 4.78 is 11.8. The minimum Gasteiger partial charge on any atom is -0.496 e. The number of carbonyl (C=O) groups is 1. The molecule has 2 N–H and O–H groups in total. The van der Waals surface area contributed by atoms with Crippen molar-refractivity contribution < 1.29 is 14.3 Å². The Balaban J connectivity index is 1.48. The number of hydrogen-bond acceptors (Lipinski definition) is 6. The van der Waals surface area contributed by atoms with Crippen molar-refractivity contribution in [3.8, 4) is 11.5 Å². The normalized spacial score (nSPS) is 17.7. The molecule has 32 heavy (non-hydrogen) atoms. The zero-order valence-corrected chi connectivity index (χ0v) is 18.5. The van der Waals surface area contributed by atoms with Gasteiger partial charge in [0.25, 0.3) is 0 Å². The number of fused-ring (bicyclic) bond motifs is 2. The van der Waals surface area contributed by atoms with Crippen molar-refractivity contribution in [2.45, 2.75) is 26.3 Å². The van der Waals surface area contributed by atoms with E-state index < -0.39 is 0 Å². The molecular formula is C25H28N4O3. The summed E-state index contributed by atoms with van der Waals surface area (Å²) in [4.78, 5) is 23.4. The third kappa shape index (κ3) is 3.78. The molecule has 0 bridgehead atoms. The van der Waals surface area contributed by atoms with Crippen molar-refractivity contribution in [3.05, 3.63) is 58.6 Å². The number of allylic oxidation sites excluding steroid dienone is 1. The highest BCUT2D eigenvalue weighted by molar-refractivity contribution is 6.15. The Morgan fingerprint density at radius 2 is 2.06 bits per heavy atom. The first kappa shape index (κ1) is 20.7. The lowest BCUT2D eigenvalue weighted by Crippen LogP contribution is -2.43. The van der Waals surface area contributed by atoms with Crippen LogP contribution in [-0.2, 0) is 13.0 Å². The molecule has 0 radical (unpaired) electrons. The molecule has 1 fully saturated rings. The third-order valence-corrected chi connectivity index (χ3v) is 6.13. The maximum Gasteiger partial charge on any atom is 0.231 e. The molecule has 4 heterocycles. The molecule has 3 aromatic rings. The molecule has 0 amide bonds. The van der Waals surface area contributed by atoms with Crippen molar-refractivity contribution in [1.29, 1.82) is 0 Å². The number of nitrogens with zero attached hydrogens (tertiary/aromatic N) is 2. The van der Waals surface area contributed by atoms with Crippen LogP contribution < -0.4 is 14.8 Å². The van der Waals surface area contributed by atoms with E-state index in [-0.39, 0.29) is 5.78 Å². The number of aromatic amines is 1. The highest BCUT2D eigenvalue weighted by Gasteiger charge is 2.32. The minimum absolute atomic E-state index is 0.103. The van der Waals surface area contributed by atoms with E-state index in [2.05, 4.69) is 33.2 Å². The number of ether oxygens (including phenoxy) is 2. The average Bonchev–Trinajstić information content (AvgIpc) is 3.36. The summed E-state index contributed by atoms with van der Waals surface area (Å²) in [6, 6.07) is 7.77. The van der Waals surface area contributed by atoms with E-state index >= 15 is 0 Å². The van der Waals surface area contributed by atoms with Gasteiger partial charge in [-0.15, -0.1) is 0 Å². The number of hydrogen-bond donors (Lipinski definition) is 2. The molecule has 0 atom stereocenters. The Morgan fingerprint density at radius 1 is 1.22 bits per heavy atom. The molecule has 5 rings (SSSR count). The van der Waals surface area contributed by atoms with Crippen LogP contribution in [-0.4, -0.2) is 53.9 Å².